The van der Waals surface area contributed by atoms with Crippen molar-refractivity contribution in [1.82, 2.24) is 15.6 Å². The Morgan fingerprint density at radius 1 is 1.75 bits per heavy atom. The van der Waals surface area contributed by atoms with E-state index in [1.54, 1.807) is 16.8 Å². The minimum absolute atomic E-state index is 0.0638. The standard InChI is InChI=1S/C11H15N3OS/c1-8-2-3-10(14-8)11(15)12-5-4-9-6-16-7-13-9/h6-7,10,14H,1-5H2,(H,12,15). The predicted octanol–water partition coefficient (Wildman–Crippen LogP) is 1.07. The zero-order valence-electron chi connectivity index (χ0n) is 9.03. The van der Waals surface area contributed by atoms with Gasteiger partial charge in [-0.15, -0.1) is 11.3 Å². The largest absolute Gasteiger partial charge is 0.378 e. The predicted molar refractivity (Wildman–Crippen MR) is 64.1 cm³/mol. The topological polar surface area (TPSA) is 54.0 Å². The van der Waals surface area contributed by atoms with Gasteiger partial charge in [-0.2, -0.15) is 0 Å². The Labute approximate surface area is 98.8 Å². The van der Waals surface area contributed by atoms with Gasteiger partial charge in [-0.3, -0.25) is 4.79 Å². The molecule has 0 aliphatic carbocycles. The fourth-order valence-electron chi connectivity index (χ4n) is 1.70. The van der Waals surface area contributed by atoms with Gasteiger partial charge in [-0.1, -0.05) is 6.58 Å². The Morgan fingerprint density at radius 2 is 2.62 bits per heavy atom. The molecule has 0 bridgehead atoms. The third-order valence-electron chi connectivity index (χ3n) is 2.59. The number of aromatic nitrogens is 1. The van der Waals surface area contributed by atoms with Gasteiger partial charge in [-0.05, 0) is 12.8 Å². The summed E-state index contributed by atoms with van der Waals surface area (Å²) in [5, 5.41) is 7.98. The van der Waals surface area contributed by atoms with Gasteiger partial charge in [0.2, 0.25) is 5.91 Å². The summed E-state index contributed by atoms with van der Waals surface area (Å²) in [6.07, 6.45) is 2.54. The molecule has 2 N–H and O–H groups in total. The number of nitrogens with one attached hydrogen (secondary N) is 2. The van der Waals surface area contributed by atoms with E-state index in [0.29, 0.717) is 6.54 Å². The number of hydrogen-bond acceptors (Lipinski definition) is 4. The molecule has 0 aromatic carbocycles. The molecule has 1 atom stereocenters. The maximum Gasteiger partial charge on any atom is 0.242 e. The molecule has 0 radical (unpaired) electrons. The fraction of sp³-hybridized carbons (Fsp3) is 0.455. The second-order valence-electron chi connectivity index (χ2n) is 3.86. The maximum atomic E-state index is 11.7. The third kappa shape index (κ3) is 2.82. The van der Waals surface area contributed by atoms with Gasteiger partial charge in [0.05, 0.1) is 11.2 Å². The van der Waals surface area contributed by atoms with Crippen LogP contribution < -0.4 is 10.6 Å². The summed E-state index contributed by atoms with van der Waals surface area (Å²) in [5.41, 5.74) is 3.80. The summed E-state index contributed by atoms with van der Waals surface area (Å²) in [6.45, 7) is 4.45. The second kappa shape index (κ2) is 5.12. The first-order chi connectivity index (χ1) is 7.75. The Balaban J connectivity index is 1.70. The first kappa shape index (κ1) is 11.1. The van der Waals surface area contributed by atoms with Crippen molar-refractivity contribution in [2.24, 2.45) is 0 Å². The normalized spacial score (nSPS) is 19.5. The lowest BCUT2D eigenvalue weighted by Crippen LogP contribution is -2.40. The number of carbonyl (C=O) groups is 1. The fourth-order valence-corrected chi connectivity index (χ4v) is 2.30. The van der Waals surface area contributed by atoms with Gasteiger partial charge in [-0.25, -0.2) is 4.98 Å². The van der Waals surface area contributed by atoms with Crippen LogP contribution in [0.15, 0.2) is 23.2 Å². The summed E-state index contributed by atoms with van der Waals surface area (Å²) in [4.78, 5) is 15.8. The van der Waals surface area contributed by atoms with Gasteiger partial charge in [0, 0.05) is 24.0 Å². The lowest BCUT2D eigenvalue weighted by Gasteiger charge is -2.11. The summed E-state index contributed by atoms with van der Waals surface area (Å²) in [5.74, 6) is 0.0638. The zero-order valence-corrected chi connectivity index (χ0v) is 9.85. The van der Waals surface area contributed by atoms with Crippen LogP contribution in [0.3, 0.4) is 0 Å². The molecule has 0 saturated carbocycles. The number of amides is 1. The van der Waals surface area contributed by atoms with Crippen molar-refractivity contribution in [2.45, 2.75) is 25.3 Å². The Kier molecular flexibility index (Phi) is 3.56. The Morgan fingerprint density at radius 3 is 3.25 bits per heavy atom. The first-order valence-corrected chi connectivity index (χ1v) is 6.29. The molecule has 4 nitrogen and oxygen atoms in total. The average molecular weight is 237 g/mol. The minimum Gasteiger partial charge on any atom is -0.378 e. The molecule has 1 aliphatic heterocycles. The third-order valence-corrected chi connectivity index (χ3v) is 3.23. The van der Waals surface area contributed by atoms with Crippen molar-refractivity contribution in [3.63, 3.8) is 0 Å². The molecule has 1 saturated heterocycles. The molecule has 16 heavy (non-hydrogen) atoms. The van der Waals surface area contributed by atoms with Gasteiger partial charge in [0.15, 0.2) is 0 Å². The van der Waals surface area contributed by atoms with E-state index in [9.17, 15) is 4.79 Å². The van der Waals surface area contributed by atoms with E-state index in [1.165, 1.54) is 0 Å². The number of nitrogens with zero attached hydrogens (tertiary/aromatic N) is 1. The highest BCUT2D eigenvalue weighted by Gasteiger charge is 2.23. The molecule has 2 heterocycles. The molecule has 1 aliphatic rings. The Hall–Kier alpha value is -1.36. The van der Waals surface area contributed by atoms with E-state index >= 15 is 0 Å². The van der Waals surface area contributed by atoms with Crippen LogP contribution in [-0.2, 0) is 11.2 Å². The van der Waals surface area contributed by atoms with Gasteiger partial charge in [0.25, 0.3) is 0 Å². The van der Waals surface area contributed by atoms with E-state index in [-0.39, 0.29) is 11.9 Å². The first-order valence-electron chi connectivity index (χ1n) is 5.35. The van der Waals surface area contributed by atoms with Crippen molar-refractivity contribution >= 4 is 17.2 Å². The highest BCUT2D eigenvalue weighted by atomic mass is 32.1. The summed E-state index contributed by atoms with van der Waals surface area (Å²) >= 11 is 1.58. The highest BCUT2D eigenvalue weighted by molar-refractivity contribution is 7.07. The van der Waals surface area contributed by atoms with Gasteiger partial charge >= 0.3 is 0 Å². The molecule has 86 valence electrons. The van der Waals surface area contributed by atoms with Crippen molar-refractivity contribution in [3.8, 4) is 0 Å². The SMILES string of the molecule is C=C1CCC(C(=O)NCCc2cscn2)N1. The molecule has 1 fully saturated rings. The number of hydrogen-bond donors (Lipinski definition) is 2. The van der Waals surface area contributed by atoms with Crippen molar-refractivity contribution in [2.75, 3.05) is 6.54 Å². The molecule has 0 spiro atoms. The van der Waals surface area contributed by atoms with E-state index < -0.39 is 0 Å². The molecule has 1 aromatic rings. The number of thiazole rings is 1. The number of allylic oxidation sites excluding steroid dienone is 1. The van der Waals surface area contributed by atoms with Crippen LogP contribution in [0.4, 0.5) is 0 Å². The molecular weight excluding hydrogens is 222 g/mol. The lowest BCUT2D eigenvalue weighted by atomic mass is 10.2. The minimum atomic E-state index is -0.0945. The van der Waals surface area contributed by atoms with Gasteiger partial charge in [0.1, 0.15) is 6.04 Å². The molecule has 1 amide bonds. The zero-order chi connectivity index (χ0) is 11.4. The van der Waals surface area contributed by atoms with Crippen LogP contribution >= 0.6 is 11.3 Å². The maximum absolute atomic E-state index is 11.7. The summed E-state index contributed by atoms with van der Waals surface area (Å²) in [7, 11) is 0. The van der Waals surface area contributed by atoms with Gasteiger partial charge < -0.3 is 10.6 Å². The van der Waals surface area contributed by atoms with E-state index in [2.05, 4.69) is 22.2 Å². The highest BCUT2D eigenvalue weighted by Crippen LogP contribution is 2.13. The molecule has 5 heteroatoms. The molecule has 1 unspecified atom stereocenters. The van der Waals surface area contributed by atoms with Crippen molar-refractivity contribution in [3.05, 3.63) is 28.9 Å². The summed E-state index contributed by atoms with van der Waals surface area (Å²) < 4.78 is 0. The number of rotatable bonds is 4. The van der Waals surface area contributed by atoms with Crippen LogP contribution in [0.5, 0.6) is 0 Å². The van der Waals surface area contributed by atoms with Crippen LogP contribution in [0, 0.1) is 0 Å². The van der Waals surface area contributed by atoms with E-state index in [4.69, 9.17) is 0 Å². The second-order valence-corrected chi connectivity index (χ2v) is 4.58. The summed E-state index contributed by atoms with van der Waals surface area (Å²) in [6, 6.07) is -0.0945. The number of carbonyl (C=O) groups excluding carboxylic acids is 1. The van der Waals surface area contributed by atoms with Crippen LogP contribution in [0.25, 0.3) is 0 Å². The molecule has 1 aromatic heterocycles. The van der Waals surface area contributed by atoms with Crippen molar-refractivity contribution in [1.29, 1.82) is 0 Å². The van der Waals surface area contributed by atoms with E-state index in [0.717, 1.165) is 30.7 Å². The van der Waals surface area contributed by atoms with Crippen LogP contribution in [0.2, 0.25) is 0 Å². The monoisotopic (exact) mass is 237 g/mol. The van der Waals surface area contributed by atoms with Crippen LogP contribution in [0.1, 0.15) is 18.5 Å². The quantitative estimate of drug-likeness (QED) is 0.823. The van der Waals surface area contributed by atoms with E-state index in [1.807, 2.05) is 5.38 Å². The van der Waals surface area contributed by atoms with Crippen molar-refractivity contribution < 1.29 is 4.79 Å². The molecular formula is C11H15N3OS. The molecule has 2 rings (SSSR count). The smallest absolute Gasteiger partial charge is 0.242 e. The average Bonchev–Trinajstić information content (AvgIpc) is 2.89. The lowest BCUT2D eigenvalue weighted by molar-refractivity contribution is -0.122. The Bertz CT molecular complexity index is 375. The van der Waals surface area contributed by atoms with Crippen LogP contribution in [-0.4, -0.2) is 23.5 Å².